The molecule has 0 aliphatic carbocycles. The van der Waals surface area contributed by atoms with E-state index in [1.807, 2.05) is 18.2 Å². The summed E-state index contributed by atoms with van der Waals surface area (Å²) in [7, 11) is -3.58. The zero-order valence-corrected chi connectivity index (χ0v) is 18.5. The molecule has 2 aliphatic heterocycles. The zero-order chi connectivity index (χ0) is 21.3. The molecule has 1 atom stereocenters. The number of nitrogens with one attached hydrogen (secondary N) is 1. The van der Waals surface area contributed by atoms with Crippen molar-refractivity contribution in [2.75, 3.05) is 29.9 Å². The summed E-state index contributed by atoms with van der Waals surface area (Å²) in [4.78, 5) is 15.1. The second kappa shape index (κ2) is 8.57. The SMILES string of the molecule is C[C@@H]1CCc2ccccc2N1CC(=O)Nc1cc(S(=O)(=O)N2CCCC2)ccc1Cl. The molecule has 0 radical (unpaired) electrons. The van der Waals surface area contributed by atoms with E-state index in [2.05, 4.69) is 23.2 Å². The summed E-state index contributed by atoms with van der Waals surface area (Å²) in [6.07, 6.45) is 3.71. The van der Waals surface area contributed by atoms with Crippen LogP contribution in [0.4, 0.5) is 11.4 Å². The molecule has 1 saturated heterocycles. The van der Waals surface area contributed by atoms with Crippen LogP contribution in [-0.2, 0) is 21.2 Å². The van der Waals surface area contributed by atoms with Crippen molar-refractivity contribution < 1.29 is 13.2 Å². The number of anilines is 2. The van der Waals surface area contributed by atoms with Crippen molar-refractivity contribution in [3.05, 3.63) is 53.1 Å². The second-order valence-electron chi connectivity index (χ2n) is 7.95. The Morgan fingerprint density at radius 2 is 1.90 bits per heavy atom. The van der Waals surface area contributed by atoms with E-state index in [0.717, 1.165) is 31.4 Å². The first kappa shape index (κ1) is 21.2. The summed E-state index contributed by atoms with van der Waals surface area (Å²) < 4.78 is 27.2. The smallest absolute Gasteiger partial charge is 0.243 e. The molecule has 0 saturated carbocycles. The van der Waals surface area contributed by atoms with Gasteiger partial charge in [-0.3, -0.25) is 4.79 Å². The van der Waals surface area contributed by atoms with E-state index in [9.17, 15) is 13.2 Å². The van der Waals surface area contributed by atoms with Crippen LogP contribution in [0.2, 0.25) is 5.02 Å². The van der Waals surface area contributed by atoms with Crippen molar-refractivity contribution in [2.45, 2.75) is 43.5 Å². The predicted molar refractivity (Wildman–Crippen MR) is 120 cm³/mol. The van der Waals surface area contributed by atoms with Crippen LogP contribution in [0.1, 0.15) is 31.7 Å². The molecule has 4 rings (SSSR count). The summed E-state index contributed by atoms with van der Waals surface area (Å²) in [5.41, 5.74) is 2.63. The number of halogens is 1. The van der Waals surface area contributed by atoms with E-state index < -0.39 is 10.0 Å². The normalized spacial score (nSPS) is 19.5. The molecule has 2 aromatic rings. The van der Waals surface area contributed by atoms with E-state index in [4.69, 9.17) is 11.6 Å². The molecule has 30 heavy (non-hydrogen) atoms. The third-order valence-electron chi connectivity index (χ3n) is 5.89. The molecule has 0 aromatic heterocycles. The van der Waals surface area contributed by atoms with Crippen LogP contribution in [0, 0.1) is 0 Å². The van der Waals surface area contributed by atoms with Crippen molar-refractivity contribution in [1.29, 1.82) is 0 Å². The zero-order valence-electron chi connectivity index (χ0n) is 17.0. The lowest BCUT2D eigenvalue weighted by Gasteiger charge is -2.36. The number of rotatable bonds is 5. The third-order valence-corrected chi connectivity index (χ3v) is 8.12. The van der Waals surface area contributed by atoms with Crippen LogP contribution in [0.15, 0.2) is 47.4 Å². The van der Waals surface area contributed by atoms with Gasteiger partial charge in [0.1, 0.15) is 0 Å². The maximum absolute atomic E-state index is 12.8. The number of sulfonamides is 1. The van der Waals surface area contributed by atoms with Crippen LogP contribution < -0.4 is 10.2 Å². The minimum absolute atomic E-state index is 0.154. The summed E-state index contributed by atoms with van der Waals surface area (Å²) in [5, 5.41) is 3.13. The van der Waals surface area contributed by atoms with Gasteiger partial charge in [0.2, 0.25) is 15.9 Å². The van der Waals surface area contributed by atoms with Crippen LogP contribution in [0.5, 0.6) is 0 Å². The maximum Gasteiger partial charge on any atom is 0.243 e. The van der Waals surface area contributed by atoms with Crippen molar-refractivity contribution in [2.24, 2.45) is 0 Å². The molecule has 6 nitrogen and oxygen atoms in total. The van der Waals surface area contributed by atoms with E-state index in [1.165, 1.54) is 28.1 Å². The van der Waals surface area contributed by atoms with E-state index in [-0.39, 0.29) is 23.4 Å². The number of benzene rings is 2. The molecule has 2 aliphatic rings. The Morgan fingerprint density at radius 1 is 1.17 bits per heavy atom. The molecule has 1 N–H and O–H groups in total. The van der Waals surface area contributed by atoms with E-state index >= 15 is 0 Å². The Labute approximate surface area is 182 Å². The van der Waals surface area contributed by atoms with Crippen LogP contribution in [-0.4, -0.2) is 44.3 Å². The van der Waals surface area contributed by atoms with Gasteiger partial charge in [-0.2, -0.15) is 4.31 Å². The average molecular weight is 448 g/mol. The van der Waals surface area contributed by atoms with E-state index in [1.54, 1.807) is 0 Å². The fourth-order valence-corrected chi connectivity index (χ4v) is 5.89. The molecule has 1 fully saturated rings. The summed E-state index contributed by atoms with van der Waals surface area (Å²) in [6.45, 7) is 3.34. The van der Waals surface area contributed by atoms with Crippen LogP contribution in [0.3, 0.4) is 0 Å². The Morgan fingerprint density at radius 3 is 2.67 bits per heavy atom. The first-order valence-corrected chi connectivity index (χ1v) is 12.1. The molecule has 0 bridgehead atoms. The first-order valence-electron chi connectivity index (χ1n) is 10.3. The summed E-state index contributed by atoms with van der Waals surface area (Å²) in [6, 6.07) is 12.8. The van der Waals surface area contributed by atoms with Crippen LogP contribution in [0.25, 0.3) is 0 Å². The van der Waals surface area contributed by atoms with Gasteiger partial charge in [0.05, 0.1) is 22.2 Å². The number of hydrogen-bond acceptors (Lipinski definition) is 4. The lowest BCUT2D eigenvalue weighted by atomic mass is 9.96. The highest BCUT2D eigenvalue weighted by Gasteiger charge is 2.28. The number of carbonyl (C=O) groups is 1. The highest BCUT2D eigenvalue weighted by atomic mass is 35.5. The fraction of sp³-hybridized carbons (Fsp3) is 0.409. The van der Waals surface area contributed by atoms with Crippen molar-refractivity contribution >= 4 is 38.9 Å². The number of nitrogens with zero attached hydrogens (tertiary/aromatic N) is 2. The van der Waals surface area contributed by atoms with Crippen LogP contribution >= 0.6 is 11.6 Å². The Balaban J connectivity index is 1.52. The highest BCUT2D eigenvalue weighted by Crippen LogP contribution is 2.31. The second-order valence-corrected chi connectivity index (χ2v) is 10.3. The highest BCUT2D eigenvalue weighted by molar-refractivity contribution is 7.89. The number of hydrogen-bond donors (Lipinski definition) is 1. The quantitative estimate of drug-likeness (QED) is 0.754. The molecule has 1 amide bonds. The summed E-state index contributed by atoms with van der Waals surface area (Å²) in [5.74, 6) is -0.226. The molecule has 0 unspecified atom stereocenters. The average Bonchev–Trinajstić information content (AvgIpc) is 3.27. The molecule has 8 heteroatoms. The van der Waals surface area contributed by atoms with Crippen molar-refractivity contribution in [3.8, 4) is 0 Å². The topological polar surface area (TPSA) is 69.7 Å². The fourth-order valence-electron chi connectivity index (χ4n) is 4.18. The van der Waals surface area contributed by atoms with Crippen molar-refractivity contribution in [3.63, 3.8) is 0 Å². The van der Waals surface area contributed by atoms with Gasteiger partial charge in [-0.25, -0.2) is 8.42 Å². The number of fused-ring (bicyclic) bond motifs is 1. The lowest BCUT2D eigenvalue weighted by Crippen LogP contribution is -2.42. The molecule has 160 valence electrons. The first-order chi connectivity index (χ1) is 14.4. The van der Waals surface area contributed by atoms with Gasteiger partial charge in [-0.1, -0.05) is 29.8 Å². The van der Waals surface area contributed by atoms with Gasteiger partial charge in [0.15, 0.2) is 0 Å². The number of para-hydroxylation sites is 1. The molecule has 2 heterocycles. The minimum atomic E-state index is -3.58. The monoisotopic (exact) mass is 447 g/mol. The van der Waals surface area contributed by atoms with Gasteiger partial charge in [0.25, 0.3) is 0 Å². The molecular weight excluding hydrogens is 422 g/mol. The maximum atomic E-state index is 12.8. The van der Waals surface area contributed by atoms with E-state index in [0.29, 0.717) is 23.8 Å². The minimum Gasteiger partial charge on any atom is -0.359 e. The van der Waals surface area contributed by atoms with Crippen molar-refractivity contribution in [1.82, 2.24) is 4.31 Å². The molecule has 2 aromatic carbocycles. The standard InChI is InChI=1S/C22H26ClN3O3S/c1-16-8-9-17-6-2-3-7-21(17)26(16)15-22(27)24-20-14-18(10-11-19(20)23)30(28,29)25-12-4-5-13-25/h2-3,6-7,10-11,14,16H,4-5,8-9,12-13,15H2,1H3,(H,24,27)/t16-/m1/s1. The van der Waals surface area contributed by atoms with Gasteiger partial charge in [0, 0.05) is 24.8 Å². The number of aryl methyl sites for hydroxylation is 1. The van der Waals surface area contributed by atoms with Gasteiger partial charge in [-0.05, 0) is 62.4 Å². The number of carbonyl (C=O) groups excluding carboxylic acids is 1. The molecular formula is C22H26ClN3O3S. The van der Waals surface area contributed by atoms with Gasteiger partial charge >= 0.3 is 0 Å². The van der Waals surface area contributed by atoms with Gasteiger partial charge < -0.3 is 10.2 Å². The lowest BCUT2D eigenvalue weighted by molar-refractivity contribution is -0.115. The number of amides is 1. The predicted octanol–water partition coefficient (Wildman–Crippen LogP) is 3.90. The van der Waals surface area contributed by atoms with Gasteiger partial charge in [-0.15, -0.1) is 0 Å². The summed E-state index contributed by atoms with van der Waals surface area (Å²) >= 11 is 6.27. The largest absolute Gasteiger partial charge is 0.359 e. The Kier molecular flexibility index (Phi) is 6.04. The Bertz CT molecular complexity index is 1050. The Hall–Kier alpha value is -2.09. The third kappa shape index (κ3) is 4.19. The molecule has 0 spiro atoms.